The van der Waals surface area contributed by atoms with E-state index in [1.54, 1.807) is 6.20 Å². The molecule has 1 aliphatic heterocycles. The minimum Gasteiger partial charge on any atom is -0.376 e. The summed E-state index contributed by atoms with van der Waals surface area (Å²) in [6.45, 7) is 1.78. The van der Waals surface area contributed by atoms with Crippen LogP contribution in [0.3, 0.4) is 0 Å². The Balaban J connectivity index is 1.94. The molecule has 98 valence electrons. The summed E-state index contributed by atoms with van der Waals surface area (Å²) in [5.74, 6) is 0.748. The first-order valence-corrected chi connectivity index (χ1v) is 6.32. The van der Waals surface area contributed by atoms with Crippen LogP contribution >= 0.6 is 0 Å². The van der Waals surface area contributed by atoms with Gasteiger partial charge in [0.25, 0.3) is 0 Å². The Morgan fingerprint density at radius 1 is 1.50 bits per heavy atom. The van der Waals surface area contributed by atoms with Crippen molar-refractivity contribution in [2.75, 3.05) is 37.4 Å². The van der Waals surface area contributed by atoms with E-state index in [9.17, 15) is 4.79 Å². The number of nitrogens with one attached hydrogen (secondary N) is 2. The summed E-state index contributed by atoms with van der Waals surface area (Å²) in [7, 11) is 3.92. The zero-order chi connectivity index (χ0) is 13.0. The Hall–Kier alpha value is -1.62. The molecular formula is C13H20N4O. The van der Waals surface area contributed by atoms with E-state index in [0.29, 0.717) is 5.82 Å². The Labute approximate surface area is 108 Å². The number of hydrogen-bond donors (Lipinski definition) is 2. The predicted octanol–water partition coefficient (Wildman–Crippen LogP) is 1.09. The minimum absolute atomic E-state index is 0.0623. The van der Waals surface area contributed by atoms with Crippen LogP contribution < -0.4 is 15.5 Å². The first-order chi connectivity index (χ1) is 8.66. The van der Waals surface area contributed by atoms with Crippen LogP contribution in [0.25, 0.3) is 0 Å². The maximum absolute atomic E-state index is 12.0. The third kappa shape index (κ3) is 3.20. The highest BCUT2D eigenvalue weighted by atomic mass is 16.2. The van der Waals surface area contributed by atoms with E-state index in [0.717, 1.165) is 31.6 Å². The molecule has 0 bridgehead atoms. The average Bonchev–Trinajstić information content (AvgIpc) is 2.40. The second-order valence-electron chi connectivity index (χ2n) is 4.83. The molecule has 1 amide bonds. The summed E-state index contributed by atoms with van der Waals surface area (Å²) < 4.78 is 0. The minimum atomic E-state index is 0.0623. The van der Waals surface area contributed by atoms with Gasteiger partial charge < -0.3 is 15.5 Å². The van der Waals surface area contributed by atoms with Gasteiger partial charge in [-0.2, -0.15) is 0 Å². The number of pyridine rings is 1. The number of amides is 1. The number of piperidine rings is 1. The standard InChI is InChI=1S/C13H20N4O/c1-17(2)11-5-6-12(15-9-11)16-13(18)10-4-3-7-14-8-10/h5-6,9-10,14H,3-4,7-8H2,1-2H3,(H,15,16,18). The Kier molecular flexibility index (Phi) is 4.15. The maximum atomic E-state index is 12.0. The first-order valence-electron chi connectivity index (χ1n) is 6.32. The molecule has 2 heterocycles. The van der Waals surface area contributed by atoms with Crippen LogP contribution in [0.1, 0.15) is 12.8 Å². The molecule has 5 heteroatoms. The van der Waals surface area contributed by atoms with E-state index >= 15 is 0 Å². The number of carbonyl (C=O) groups is 1. The van der Waals surface area contributed by atoms with Crippen LogP contribution in [-0.2, 0) is 4.79 Å². The number of anilines is 2. The number of hydrogen-bond acceptors (Lipinski definition) is 4. The van der Waals surface area contributed by atoms with Gasteiger partial charge in [-0.1, -0.05) is 0 Å². The molecule has 1 aromatic rings. The van der Waals surface area contributed by atoms with Crippen molar-refractivity contribution in [3.8, 4) is 0 Å². The lowest BCUT2D eigenvalue weighted by molar-refractivity contribution is -0.120. The highest BCUT2D eigenvalue weighted by molar-refractivity contribution is 5.92. The second-order valence-corrected chi connectivity index (χ2v) is 4.83. The summed E-state index contributed by atoms with van der Waals surface area (Å²) in [6.07, 6.45) is 3.77. The highest BCUT2D eigenvalue weighted by Crippen LogP contribution is 2.15. The maximum Gasteiger partial charge on any atom is 0.229 e. The fraction of sp³-hybridized carbons (Fsp3) is 0.538. The summed E-state index contributed by atoms with van der Waals surface area (Å²) in [6, 6.07) is 3.78. The molecule has 1 aromatic heterocycles. The topological polar surface area (TPSA) is 57.3 Å². The Morgan fingerprint density at radius 3 is 2.89 bits per heavy atom. The van der Waals surface area contributed by atoms with Crippen molar-refractivity contribution < 1.29 is 4.79 Å². The number of rotatable bonds is 3. The number of carbonyl (C=O) groups excluding carboxylic acids is 1. The molecule has 0 radical (unpaired) electrons. The van der Waals surface area contributed by atoms with Crippen LogP contribution in [0.5, 0.6) is 0 Å². The molecule has 18 heavy (non-hydrogen) atoms. The van der Waals surface area contributed by atoms with Gasteiger partial charge in [-0.3, -0.25) is 4.79 Å². The van der Waals surface area contributed by atoms with Gasteiger partial charge in [0.05, 0.1) is 17.8 Å². The fourth-order valence-electron chi connectivity index (χ4n) is 2.03. The molecule has 5 nitrogen and oxygen atoms in total. The van der Waals surface area contributed by atoms with Crippen molar-refractivity contribution in [1.82, 2.24) is 10.3 Å². The van der Waals surface area contributed by atoms with Crippen molar-refractivity contribution in [3.05, 3.63) is 18.3 Å². The van der Waals surface area contributed by atoms with E-state index in [1.165, 1.54) is 0 Å². The van der Waals surface area contributed by atoms with E-state index in [-0.39, 0.29) is 11.8 Å². The monoisotopic (exact) mass is 248 g/mol. The van der Waals surface area contributed by atoms with Crippen molar-refractivity contribution in [1.29, 1.82) is 0 Å². The lowest BCUT2D eigenvalue weighted by atomic mass is 9.99. The molecule has 2 rings (SSSR count). The molecule has 1 unspecified atom stereocenters. The zero-order valence-corrected chi connectivity index (χ0v) is 10.9. The summed E-state index contributed by atoms with van der Waals surface area (Å²) >= 11 is 0. The summed E-state index contributed by atoms with van der Waals surface area (Å²) in [5.41, 5.74) is 1.02. The third-order valence-electron chi connectivity index (χ3n) is 3.18. The molecule has 0 saturated carbocycles. The molecular weight excluding hydrogens is 228 g/mol. The lowest BCUT2D eigenvalue weighted by Crippen LogP contribution is -2.37. The summed E-state index contributed by atoms with van der Waals surface area (Å²) in [5, 5.41) is 6.11. The number of nitrogens with zero attached hydrogens (tertiary/aromatic N) is 2. The van der Waals surface area contributed by atoms with Gasteiger partial charge in [-0.25, -0.2) is 4.98 Å². The smallest absolute Gasteiger partial charge is 0.229 e. The molecule has 0 spiro atoms. The van der Waals surface area contributed by atoms with Crippen LogP contribution in [0.2, 0.25) is 0 Å². The largest absolute Gasteiger partial charge is 0.376 e. The number of aromatic nitrogens is 1. The van der Waals surface area contributed by atoms with Crippen LogP contribution in [0.15, 0.2) is 18.3 Å². The molecule has 0 aliphatic carbocycles. The second kappa shape index (κ2) is 5.82. The van der Waals surface area contributed by atoms with E-state index in [1.807, 2.05) is 31.1 Å². The molecule has 1 atom stereocenters. The van der Waals surface area contributed by atoms with Gasteiger partial charge in [0.2, 0.25) is 5.91 Å². The molecule has 0 aromatic carbocycles. The fourth-order valence-corrected chi connectivity index (χ4v) is 2.03. The van der Waals surface area contributed by atoms with Crippen molar-refractivity contribution in [3.63, 3.8) is 0 Å². The third-order valence-corrected chi connectivity index (χ3v) is 3.18. The quantitative estimate of drug-likeness (QED) is 0.840. The van der Waals surface area contributed by atoms with Gasteiger partial charge in [-0.15, -0.1) is 0 Å². The van der Waals surface area contributed by atoms with Crippen molar-refractivity contribution in [2.24, 2.45) is 5.92 Å². The first kappa shape index (κ1) is 12.8. The van der Waals surface area contributed by atoms with E-state index in [2.05, 4.69) is 15.6 Å². The summed E-state index contributed by atoms with van der Waals surface area (Å²) in [4.78, 5) is 18.2. The van der Waals surface area contributed by atoms with Crippen LogP contribution in [0.4, 0.5) is 11.5 Å². The Morgan fingerprint density at radius 2 is 2.33 bits per heavy atom. The van der Waals surface area contributed by atoms with Crippen molar-refractivity contribution >= 4 is 17.4 Å². The van der Waals surface area contributed by atoms with Crippen molar-refractivity contribution in [2.45, 2.75) is 12.8 Å². The molecule has 2 N–H and O–H groups in total. The van der Waals surface area contributed by atoms with E-state index < -0.39 is 0 Å². The van der Waals surface area contributed by atoms with Gasteiger partial charge >= 0.3 is 0 Å². The molecule has 1 aliphatic rings. The van der Waals surface area contributed by atoms with E-state index in [4.69, 9.17) is 0 Å². The van der Waals surface area contributed by atoms with Gasteiger partial charge in [0.15, 0.2) is 0 Å². The lowest BCUT2D eigenvalue weighted by Gasteiger charge is -2.21. The average molecular weight is 248 g/mol. The van der Waals surface area contributed by atoms with Gasteiger partial charge in [0, 0.05) is 20.6 Å². The predicted molar refractivity (Wildman–Crippen MR) is 72.8 cm³/mol. The molecule has 1 saturated heterocycles. The molecule has 1 fully saturated rings. The van der Waals surface area contributed by atoms with Gasteiger partial charge in [0.1, 0.15) is 5.82 Å². The Bertz CT molecular complexity index is 396. The van der Waals surface area contributed by atoms with Crippen LogP contribution in [0, 0.1) is 5.92 Å². The zero-order valence-electron chi connectivity index (χ0n) is 10.9. The highest BCUT2D eigenvalue weighted by Gasteiger charge is 2.20. The SMILES string of the molecule is CN(C)c1ccc(NC(=O)C2CCCNC2)nc1. The van der Waals surface area contributed by atoms with Crippen LogP contribution in [-0.4, -0.2) is 38.1 Å². The normalized spacial score (nSPS) is 19.3. The van der Waals surface area contributed by atoms with Gasteiger partial charge in [-0.05, 0) is 31.5 Å².